The van der Waals surface area contributed by atoms with Crippen molar-refractivity contribution < 1.29 is 14.3 Å². The van der Waals surface area contributed by atoms with Crippen molar-refractivity contribution in [3.05, 3.63) is 47.4 Å². The molecule has 3 rings (SSSR count). The number of carbonyl (C=O) groups excluding carboxylic acids is 2. The van der Waals surface area contributed by atoms with Gasteiger partial charge in [0.25, 0.3) is 5.24 Å². The highest BCUT2D eigenvalue weighted by Crippen LogP contribution is 2.24. The lowest BCUT2D eigenvalue weighted by Crippen LogP contribution is -2.25. The van der Waals surface area contributed by atoms with Crippen molar-refractivity contribution >= 4 is 40.3 Å². The number of amides is 2. The normalized spacial score (nSPS) is 16.5. The van der Waals surface area contributed by atoms with E-state index in [1.807, 2.05) is 36.2 Å². The maximum Gasteiger partial charge on any atom is 0.286 e. The second kappa shape index (κ2) is 8.37. The fourth-order valence-corrected chi connectivity index (χ4v) is 3.41. The number of carbonyl (C=O) groups is 2. The van der Waals surface area contributed by atoms with Crippen LogP contribution < -0.4 is 15.0 Å². The summed E-state index contributed by atoms with van der Waals surface area (Å²) in [5.74, 6) is 1.24. The molecule has 1 aliphatic heterocycles. The highest BCUT2D eigenvalue weighted by Gasteiger charge is 2.31. The zero-order valence-corrected chi connectivity index (χ0v) is 15.6. The molecule has 1 aromatic heterocycles. The third-order valence-electron chi connectivity index (χ3n) is 3.82. The van der Waals surface area contributed by atoms with E-state index in [2.05, 4.69) is 15.3 Å². The standard InChI is InChI=1S/C17H17ClN4O3S/c1-22(15-9-14(18)19-10-20-15)6-7-25-12-4-2-11(3-5-12)8-13-16(23)21-17(24)26-13/h2-5,9-10,13H,6-8H2,1H3,(H,21,23,24). The summed E-state index contributed by atoms with van der Waals surface area (Å²) in [5, 5.41) is 2.05. The summed E-state index contributed by atoms with van der Waals surface area (Å²) in [6, 6.07) is 9.21. The van der Waals surface area contributed by atoms with Crippen molar-refractivity contribution in [3.8, 4) is 5.75 Å². The minimum Gasteiger partial charge on any atom is -0.492 e. The van der Waals surface area contributed by atoms with Gasteiger partial charge < -0.3 is 9.64 Å². The maximum absolute atomic E-state index is 11.6. The average Bonchev–Trinajstić information content (AvgIpc) is 2.93. The highest BCUT2D eigenvalue weighted by atomic mass is 35.5. The molecule has 1 saturated heterocycles. The van der Waals surface area contributed by atoms with Gasteiger partial charge >= 0.3 is 0 Å². The molecule has 1 atom stereocenters. The van der Waals surface area contributed by atoms with Crippen LogP contribution in [0.25, 0.3) is 0 Å². The summed E-state index contributed by atoms with van der Waals surface area (Å²) in [4.78, 5) is 32.7. The summed E-state index contributed by atoms with van der Waals surface area (Å²) >= 11 is 6.89. The lowest BCUT2D eigenvalue weighted by Gasteiger charge is -2.18. The smallest absolute Gasteiger partial charge is 0.286 e. The molecular formula is C17H17ClN4O3S. The van der Waals surface area contributed by atoms with Gasteiger partial charge in [0.2, 0.25) is 5.91 Å². The molecule has 0 spiro atoms. The summed E-state index contributed by atoms with van der Waals surface area (Å²) in [6.07, 6.45) is 1.93. The Hall–Kier alpha value is -2.32. The Morgan fingerprint density at radius 3 is 2.69 bits per heavy atom. The number of hydrogen-bond acceptors (Lipinski definition) is 7. The van der Waals surface area contributed by atoms with Gasteiger partial charge in [-0.1, -0.05) is 35.5 Å². The zero-order valence-electron chi connectivity index (χ0n) is 14.0. The Morgan fingerprint density at radius 1 is 1.27 bits per heavy atom. The van der Waals surface area contributed by atoms with E-state index < -0.39 is 0 Å². The van der Waals surface area contributed by atoms with Gasteiger partial charge in [0.1, 0.15) is 29.7 Å². The number of halogens is 1. The van der Waals surface area contributed by atoms with Crippen molar-refractivity contribution in [2.45, 2.75) is 11.7 Å². The predicted molar refractivity (Wildman–Crippen MR) is 101 cm³/mol. The molecule has 7 nitrogen and oxygen atoms in total. The molecule has 1 aromatic carbocycles. The maximum atomic E-state index is 11.6. The molecule has 2 heterocycles. The average molecular weight is 393 g/mol. The first-order chi connectivity index (χ1) is 12.5. The van der Waals surface area contributed by atoms with Crippen LogP contribution in [-0.2, 0) is 11.2 Å². The first-order valence-corrected chi connectivity index (χ1v) is 9.19. The minimum absolute atomic E-state index is 0.229. The summed E-state index contributed by atoms with van der Waals surface area (Å²) in [7, 11) is 1.90. The SMILES string of the molecule is CN(CCOc1ccc(CC2SC(=O)NC2=O)cc1)c1cc(Cl)ncn1. The van der Waals surface area contributed by atoms with Gasteiger partial charge in [-0.3, -0.25) is 14.9 Å². The van der Waals surface area contributed by atoms with Gasteiger partial charge in [0.15, 0.2) is 0 Å². The van der Waals surface area contributed by atoms with Crippen LogP contribution in [0.4, 0.5) is 10.6 Å². The summed E-state index contributed by atoms with van der Waals surface area (Å²) in [5.41, 5.74) is 0.979. The van der Waals surface area contributed by atoms with E-state index in [0.717, 1.165) is 28.9 Å². The van der Waals surface area contributed by atoms with E-state index in [0.29, 0.717) is 24.7 Å². The third kappa shape index (κ3) is 4.86. The molecule has 0 radical (unpaired) electrons. The molecule has 0 bridgehead atoms. The van der Waals surface area contributed by atoms with Crippen LogP contribution in [0.5, 0.6) is 5.75 Å². The van der Waals surface area contributed by atoms with Gasteiger partial charge in [-0.25, -0.2) is 9.97 Å². The van der Waals surface area contributed by atoms with Crippen LogP contribution in [-0.4, -0.2) is 46.6 Å². The fraction of sp³-hybridized carbons (Fsp3) is 0.294. The topological polar surface area (TPSA) is 84.4 Å². The van der Waals surface area contributed by atoms with Gasteiger partial charge in [-0.05, 0) is 24.1 Å². The molecule has 2 aromatic rings. The fourth-order valence-electron chi connectivity index (χ4n) is 2.41. The molecular weight excluding hydrogens is 376 g/mol. The number of rotatable bonds is 7. The Balaban J connectivity index is 1.47. The largest absolute Gasteiger partial charge is 0.492 e. The first kappa shape index (κ1) is 18.5. The van der Waals surface area contributed by atoms with E-state index in [1.165, 1.54) is 6.33 Å². The second-order valence-corrected chi connectivity index (χ2v) is 7.26. The predicted octanol–water partition coefficient (Wildman–Crippen LogP) is 2.54. The number of likely N-dealkylation sites (N-methyl/N-ethyl adjacent to an activating group) is 1. The van der Waals surface area contributed by atoms with Crippen LogP contribution in [0, 0.1) is 0 Å². The minimum atomic E-state index is -0.359. The van der Waals surface area contributed by atoms with Crippen LogP contribution in [0.1, 0.15) is 5.56 Å². The van der Waals surface area contributed by atoms with Gasteiger partial charge in [-0.2, -0.15) is 0 Å². The number of benzene rings is 1. The summed E-state index contributed by atoms with van der Waals surface area (Å²) in [6.45, 7) is 1.11. The molecule has 1 unspecified atom stereocenters. The lowest BCUT2D eigenvalue weighted by molar-refractivity contribution is -0.118. The van der Waals surface area contributed by atoms with Crippen LogP contribution in [0.3, 0.4) is 0 Å². The molecule has 26 heavy (non-hydrogen) atoms. The number of nitrogens with zero attached hydrogens (tertiary/aromatic N) is 3. The monoisotopic (exact) mass is 392 g/mol. The highest BCUT2D eigenvalue weighted by molar-refractivity contribution is 8.15. The van der Waals surface area contributed by atoms with Crippen molar-refractivity contribution in [1.29, 1.82) is 0 Å². The van der Waals surface area contributed by atoms with Crippen molar-refractivity contribution in [2.75, 3.05) is 25.1 Å². The molecule has 9 heteroatoms. The molecule has 136 valence electrons. The van der Waals surface area contributed by atoms with E-state index >= 15 is 0 Å². The molecule has 1 fully saturated rings. The van der Waals surface area contributed by atoms with Crippen LogP contribution >= 0.6 is 23.4 Å². The van der Waals surface area contributed by atoms with Gasteiger partial charge in [-0.15, -0.1) is 0 Å². The molecule has 1 aliphatic rings. The van der Waals surface area contributed by atoms with Crippen molar-refractivity contribution in [2.24, 2.45) is 0 Å². The van der Waals surface area contributed by atoms with Crippen molar-refractivity contribution in [3.63, 3.8) is 0 Å². The zero-order chi connectivity index (χ0) is 18.5. The van der Waals surface area contributed by atoms with Gasteiger partial charge in [0, 0.05) is 13.1 Å². The second-order valence-electron chi connectivity index (χ2n) is 5.70. The number of thioether (sulfide) groups is 1. The molecule has 0 saturated carbocycles. The van der Waals surface area contributed by atoms with E-state index in [-0.39, 0.29) is 16.4 Å². The number of aromatic nitrogens is 2. The quantitative estimate of drug-likeness (QED) is 0.725. The Kier molecular flexibility index (Phi) is 5.95. The van der Waals surface area contributed by atoms with Crippen LogP contribution in [0.2, 0.25) is 5.15 Å². The Morgan fingerprint density at radius 2 is 2.04 bits per heavy atom. The lowest BCUT2D eigenvalue weighted by atomic mass is 10.1. The molecule has 2 amide bonds. The number of hydrogen-bond donors (Lipinski definition) is 1. The number of nitrogens with one attached hydrogen (secondary N) is 1. The number of anilines is 1. The molecule has 1 N–H and O–H groups in total. The van der Waals surface area contributed by atoms with E-state index in [1.54, 1.807) is 6.07 Å². The Labute approximate surface area is 160 Å². The first-order valence-electron chi connectivity index (χ1n) is 7.93. The third-order valence-corrected chi connectivity index (χ3v) is 5.01. The summed E-state index contributed by atoms with van der Waals surface area (Å²) < 4.78 is 5.73. The van der Waals surface area contributed by atoms with E-state index in [9.17, 15) is 9.59 Å². The van der Waals surface area contributed by atoms with Crippen molar-refractivity contribution in [1.82, 2.24) is 15.3 Å². The van der Waals surface area contributed by atoms with Gasteiger partial charge in [0.05, 0.1) is 11.8 Å². The number of ether oxygens (including phenoxy) is 1. The molecule has 0 aliphatic carbocycles. The van der Waals surface area contributed by atoms with Crippen LogP contribution in [0.15, 0.2) is 36.7 Å². The van der Waals surface area contributed by atoms with E-state index in [4.69, 9.17) is 16.3 Å². The Bertz CT molecular complexity index is 803. The number of imide groups is 1.